The third-order valence-electron chi connectivity index (χ3n) is 1.88. The van der Waals surface area contributed by atoms with Crippen molar-refractivity contribution in [2.45, 2.75) is 0 Å². The van der Waals surface area contributed by atoms with Gasteiger partial charge in [-0.3, -0.25) is 0 Å². The molecule has 0 unspecified atom stereocenters. The van der Waals surface area contributed by atoms with E-state index in [1.165, 1.54) is 12.3 Å². The maximum atomic E-state index is 13.0. The third kappa shape index (κ3) is 2.30. The van der Waals surface area contributed by atoms with Gasteiger partial charge in [-0.25, -0.2) is 18.7 Å². The maximum absolute atomic E-state index is 13.0. The smallest absolute Gasteiger partial charge is 0.161 e. The fourth-order valence-electron chi connectivity index (χ4n) is 1.12. The predicted octanol–water partition coefficient (Wildman–Crippen LogP) is 3.68. The van der Waals surface area contributed by atoms with E-state index in [1.807, 2.05) is 22.6 Å². The molecule has 1 aromatic carbocycles. The van der Waals surface area contributed by atoms with Crippen LogP contribution in [-0.4, -0.2) is 9.97 Å². The molecule has 0 amide bonds. The number of benzene rings is 1. The van der Waals surface area contributed by atoms with Crippen LogP contribution in [0.25, 0.3) is 11.4 Å². The van der Waals surface area contributed by atoms with E-state index in [4.69, 9.17) is 11.6 Å². The van der Waals surface area contributed by atoms with Crippen molar-refractivity contribution in [2.24, 2.45) is 0 Å². The molecule has 1 aromatic heterocycles. The molecule has 2 nitrogen and oxygen atoms in total. The first kappa shape index (κ1) is 11.7. The van der Waals surface area contributed by atoms with Crippen LogP contribution >= 0.6 is 34.2 Å². The van der Waals surface area contributed by atoms with Crippen molar-refractivity contribution in [3.05, 3.63) is 44.8 Å². The second-order valence-corrected chi connectivity index (χ2v) is 4.48. The van der Waals surface area contributed by atoms with Crippen LogP contribution < -0.4 is 0 Å². The second-order valence-electron chi connectivity index (χ2n) is 2.96. The molecule has 0 aliphatic carbocycles. The van der Waals surface area contributed by atoms with Gasteiger partial charge in [-0.1, -0.05) is 11.6 Å². The summed E-state index contributed by atoms with van der Waals surface area (Å²) >= 11 is 7.79. The summed E-state index contributed by atoms with van der Waals surface area (Å²) in [7, 11) is 0. The zero-order chi connectivity index (χ0) is 11.7. The van der Waals surface area contributed by atoms with Gasteiger partial charge in [-0.05, 0) is 40.8 Å². The van der Waals surface area contributed by atoms with Gasteiger partial charge in [-0.2, -0.15) is 0 Å². The Kier molecular flexibility index (Phi) is 3.34. The molecule has 0 aliphatic rings. The summed E-state index contributed by atoms with van der Waals surface area (Å²) in [5.74, 6) is -1.57. The molecule has 16 heavy (non-hydrogen) atoms. The van der Waals surface area contributed by atoms with Gasteiger partial charge in [-0.15, -0.1) is 0 Å². The monoisotopic (exact) mass is 352 g/mol. The standard InChI is InChI=1S/C10H4ClF2IN2/c11-9-8(14)4-15-10(16-9)5-1-2-6(12)7(13)3-5/h1-4H. The van der Waals surface area contributed by atoms with Crippen LogP contribution in [0.15, 0.2) is 24.4 Å². The zero-order valence-electron chi connectivity index (χ0n) is 7.72. The van der Waals surface area contributed by atoms with Crippen molar-refractivity contribution in [3.63, 3.8) is 0 Å². The summed E-state index contributed by atoms with van der Waals surface area (Å²) in [6, 6.07) is 3.46. The summed E-state index contributed by atoms with van der Waals surface area (Å²) in [6.45, 7) is 0. The van der Waals surface area contributed by atoms with Crippen molar-refractivity contribution >= 4 is 34.2 Å². The van der Waals surface area contributed by atoms with Gasteiger partial charge < -0.3 is 0 Å². The van der Waals surface area contributed by atoms with Gasteiger partial charge in [0.15, 0.2) is 17.5 Å². The number of aromatic nitrogens is 2. The number of halogens is 4. The van der Waals surface area contributed by atoms with Crippen molar-refractivity contribution in [1.29, 1.82) is 0 Å². The quantitative estimate of drug-likeness (QED) is 0.578. The summed E-state index contributed by atoms with van der Waals surface area (Å²) in [4.78, 5) is 7.96. The van der Waals surface area contributed by atoms with Gasteiger partial charge in [0, 0.05) is 11.8 Å². The Hall–Kier alpha value is -0.820. The molecule has 0 bridgehead atoms. The molecule has 6 heteroatoms. The average Bonchev–Trinajstić information content (AvgIpc) is 2.26. The van der Waals surface area contributed by atoms with E-state index >= 15 is 0 Å². The molecule has 2 aromatic rings. The van der Waals surface area contributed by atoms with Crippen LogP contribution in [0, 0.1) is 15.2 Å². The first-order valence-electron chi connectivity index (χ1n) is 4.21. The maximum Gasteiger partial charge on any atom is 0.161 e. The van der Waals surface area contributed by atoms with Crippen LogP contribution in [0.5, 0.6) is 0 Å². The summed E-state index contributed by atoms with van der Waals surface area (Å²) in [6.07, 6.45) is 1.52. The number of hydrogen-bond acceptors (Lipinski definition) is 2. The second kappa shape index (κ2) is 4.58. The minimum Gasteiger partial charge on any atom is -0.235 e. The summed E-state index contributed by atoms with van der Waals surface area (Å²) < 4.78 is 26.4. The Morgan fingerprint density at radius 2 is 1.94 bits per heavy atom. The summed E-state index contributed by atoms with van der Waals surface area (Å²) in [5, 5.41) is 0.287. The molecular weight excluding hydrogens is 348 g/mol. The van der Waals surface area contributed by atoms with Gasteiger partial charge in [0.05, 0.1) is 3.57 Å². The van der Waals surface area contributed by atoms with Crippen molar-refractivity contribution < 1.29 is 8.78 Å². The molecule has 2 rings (SSSR count). The fourth-order valence-corrected chi connectivity index (χ4v) is 1.51. The molecule has 0 saturated carbocycles. The van der Waals surface area contributed by atoms with E-state index in [-0.39, 0.29) is 11.0 Å². The third-order valence-corrected chi connectivity index (χ3v) is 3.28. The fraction of sp³-hybridized carbons (Fsp3) is 0. The lowest BCUT2D eigenvalue weighted by atomic mass is 10.2. The van der Waals surface area contributed by atoms with Gasteiger partial charge >= 0.3 is 0 Å². The molecule has 0 radical (unpaired) electrons. The van der Waals surface area contributed by atoms with E-state index < -0.39 is 11.6 Å². The lowest BCUT2D eigenvalue weighted by Gasteiger charge is -2.02. The van der Waals surface area contributed by atoms with Gasteiger partial charge in [0.1, 0.15) is 5.15 Å². The molecule has 0 spiro atoms. The van der Waals surface area contributed by atoms with Crippen LogP contribution in [0.2, 0.25) is 5.15 Å². The van der Waals surface area contributed by atoms with Gasteiger partial charge in [0.25, 0.3) is 0 Å². The Labute approximate surface area is 109 Å². The van der Waals surface area contributed by atoms with E-state index in [0.717, 1.165) is 12.1 Å². The molecule has 82 valence electrons. The first-order valence-corrected chi connectivity index (χ1v) is 5.67. The summed E-state index contributed by atoms with van der Waals surface area (Å²) in [5.41, 5.74) is 0.386. The normalized spacial score (nSPS) is 10.5. The molecule has 1 heterocycles. The van der Waals surface area contributed by atoms with Crippen molar-refractivity contribution in [2.75, 3.05) is 0 Å². The lowest BCUT2D eigenvalue weighted by molar-refractivity contribution is 0.509. The lowest BCUT2D eigenvalue weighted by Crippen LogP contribution is -1.93. The van der Waals surface area contributed by atoms with E-state index in [9.17, 15) is 8.78 Å². The largest absolute Gasteiger partial charge is 0.235 e. The Morgan fingerprint density at radius 3 is 2.56 bits per heavy atom. The first-order chi connectivity index (χ1) is 7.58. The minimum atomic E-state index is -0.934. The Bertz CT molecular complexity index is 499. The highest BCUT2D eigenvalue weighted by Crippen LogP contribution is 2.21. The molecular formula is C10H4ClF2IN2. The topological polar surface area (TPSA) is 25.8 Å². The highest BCUT2D eigenvalue weighted by Gasteiger charge is 2.08. The molecule has 0 fully saturated rings. The number of nitrogens with zero attached hydrogens (tertiary/aromatic N) is 2. The van der Waals surface area contributed by atoms with E-state index in [1.54, 1.807) is 0 Å². The molecule has 0 N–H and O–H groups in total. The highest BCUT2D eigenvalue weighted by molar-refractivity contribution is 14.1. The van der Waals surface area contributed by atoms with E-state index in [0.29, 0.717) is 9.13 Å². The van der Waals surface area contributed by atoms with Crippen LogP contribution in [-0.2, 0) is 0 Å². The number of rotatable bonds is 1. The van der Waals surface area contributed by atoms with Crippen LogP contribution in [0.3, 0.4) is 0 Å². The zero-order valence-corrected chi connectivity index (χ0v) is 10.6. The molecule has 0 saturated heterocycles. The molecule has 0 aliphatic heterocycles. The Morgan fingerprint density at radius 1 is 1.19 bits per heavy atom. The SMILES string of the molecule is Fc1ccc(-c2ncc(I)c(Cl)n2)cc1F. The van der Waals surface area contributed by atoms with Crippen LogP contribution in [0.1, 0.15) is 0 Å². The molecule has 0 atom stereocenters. The highest BCUT2D eigenvalue weighted by atomic mass is 127. The minimum absolute atomic E-state index is 0.268. The predicted molar refractivity (Wildman–Crippen MR) is 65.1 cm³/mol. The van der Waals surface area contributed by atoms with E-state index in [2.05, 4.69) is 9.97 Å². The van der Waals surface area contributed by atoms with Crippen molar-refractivity contribution in [1.82, 2.24) is 9.97 Å². The number of hydrogen-bond donors (Lipinski definition) is 0. The van der Waals surface area contributed by atoms with Crippen LogP contribution in [0.4, 0.5) is 8.78 Å². The van der Waals surface area contributed by atoms with Gasteiger partial charge in [0.2, 0.25) is 0 Å². The average molecular weight is 353 g/mol. The van der Waals surface area contributed by atoms with Crippen molar-refractivity contribution in [3.8, 4) is 11.4 Å². The Balaban J connectivity index is 2.50.